The molecule has 0 spiro atoms. The SMILES string of the molecule is CCCCOCCNS(=O)(=O)c1c(C)cc(N)cc1C. The van der Waals surface area contributed by atoms with E-state index >= 15 is 0 Å². The van der Waals surface area contributed by atoms with E-state index in [0.29, 0.717) is 34.9 Å². The Balaban J connectivity index is 2.66. The van der Waals surface area contributed by atoms with Gasteiger partial charge in [0.2, 0.25) is 10.0 Å². The fourth-order valence-electron chi connectivity index (χ4n) is 2.08. The van der Waals surface area contributed by atoms with Crippen LogP contribution >= 0.6 is 0 Å². The van der Waals surface area contributed by atoms with Crippen LogP contribution in [0.1, 0.15) is 30.9 Å². The highest BCUT2D eigenvalue weighted by molar-refractivity contribution is 7.89. The maximum absolute atomic E-state index is 12.3. The van der Waals surface area contributed by atoms with Crippen molar-refractivity contribution in [2.75, 3.05) is 25.5 Å². The second-order valence-corrected chi connectivity index (χ2v) is 6.55. The van der Waals surface area contributed by atoms with Gasteiger partial charge in [0.15, 0.2) is 0 Å². The number of anilines is 1. The molecule has 0 amide bonds. The molecule has 0 aromatic heterocycles. The van der Waals surface area contributed by atoms with Crippen molar-refractivity contribution in [1.82, 2.24) is 4.72 Å². The van der Waals surface area contributed by atoms with E-state index < -0.39 is 10.0 Å². The molecule has 0 radical (unpaired) electrons. The van der Waals surface area contributed by atoms with Crippen LogP contribution < -0.4 is 10.5 Å². The Labute approximate surface area is 121 Å². The molecule has 0 unspecified atom stereocenters. The Bertz CT molecular complexity index is 518. The van der Waals surface area contributed by atoms with Crippen molar-refractivity contribution >= 4 is 15.7 Å². The number of ether oxygens (including phenoxy) is 1. The number of hydrogen-bond acceptors (Lipinski definition) is 4. The summed E-state index contributed by atoms with van der Waals surface area (Å²) in [4.78, 5) is 0.306. The summed E-state index contributed by atoms with van der Waals surface area (Å²) in [6, 6.07) is 3.33. The van der Waals surface area contributed by atoms with Gasteiger partial charge in [-0.2, -0.15) is 0 Å². The molecular formula is C14H24N2O3S. The second kappa shape index (κ2) is 7.61. The van der Waals surface area contributed by atoms with Gasteiger partial charge in [-0.15, -0.1) is 0 Å². The van der Waals surface area contributed by atoms with Gasteiger partial charge in [-0.1, -0.05) is 13.3 Å². The molecule has 0 saturated carbocycles. The zero-order valence-electron chi connectivity index (χ0n) is 12.4. The van der Waals surface area contributed by atoms with Gasteiger partial charge >= 0.3 is 0 Å². The predicted molar refractivity (Wildman–Crippen MR) is 81.2 cm³/mol. The lowest BCUT2D eigenvalue weighted by Crippen LogP contribution is -2.28. The number of aryl methyl sites for hydroxylation is 2. The Morgan fingerprint density at radius 2 is 1.80 bits per heavy atom. The zero-order valence-corrected chi connectivity index (χ0v) is 13.2. The van der Waals surface area contributed by atoms with Gasteiger partial charge < -0.3 is 10.5 Å². The highest BCUT2D eigenvalue weighted by Gasteiger charge is 2.19. The zero-order chi connectivity index (χ0) is 15.2. The molecule has 5 nitrogen and oxygen atoms in total. The molecule has 114 valence electrons. The van der Waals surface area contributed by atoms with E-state index in [1.165, 1.54) is 0 Å². The highest BCUT2D eigenvalue weighted by atomic mass is 32.2. The first-order valence-electron chi connectivity index (χ1n) is 6.82. The average Bonchev–Trinajstić information content (AvgIpc) is 2.31. The number of sulfonamides is 1. The van der Waals surface area contributed by atoms with Crippen LogP contribution in [0.2, 0.25) is 0 Å². The first-order valence-corrected chi connectivity index (χ1v) is 8.31. The fourth-order valence-corrected chi connectivity index (χ4v) is 3.54. The number of hydrogen-bond donors (Lipinski definition) is 2. The molecule has 3 N–H and O–H groups in total. The van der Waals surface area contributed by atoms with Crippen molar-refractivity contribution < 1.29 is 13.2 Å². The quantitative estimate of drug-likeness (QED) is 0.568. The summed E-state index contributed by atoms with van der Waals surface area (Å²) in [5.74, 6) is 0. The smallest absolute Gasteiger partial charge is 0.241 e. The predicted octanol–water partition coefficient (Wildman–Crippen LogP) is 1.98. The molecule has 1 aromatic carbocycles. The normalized spacial score (nSPS) is 11.8. The van der Waals surface area contributed by atoms with Gasteiger partial charge in [-0.3, -0.25) is 0 Å². The monoisotopic (exact) mass is 300 g/mol. The lowest BCUT2D eigenvalue weighted by molar-refractivity contribution is 0.136. The van der Waals surface area contributed by atoms with Crippen LogP contribution in [-0.2, 0) is 14.8 Å². The molecule has 0 atom stereocenters. The topological polar surface area (TPSA) is 81.4 Å². The van der Waals surface area contributed by atoms with Gasteiger partial charge in [0.05, 0.1) is 11.5 Å². The number of nitrogens with one attached hydrogen (secondary N) is 1. The minimum atomic E-state index is -3.52. The average molecular weight is 300 g/mol. The van der Waals surface area contributed by atoms with Crippen molar-refractivity contribution in [2.45, 2.75) is 38.5 Å². The van der Waals surface area contributed by atoms with E-state index in [-0.39, 0.29) is 6.54 Å². The molecule has 0 fully saturated rings. The Morgan fingerprint density at radius 1 is 1.20 bits per heavy atom. The molecule has 0 bridgehead atoms. The summed E-state index contributed by atoms with van der Waals surface area (Å²) < 4.78 is 32.4. The van der Waals surface area contributed by atoms with E-state index in [1.54, 1.807) is 26.0 Å². The van der Waals surface area contributed by atoms with Crippen molar-refractivity contribution in [1.29, 1.82) is 0 Å². The number of nitrogen functional groups attached to an aromatic ring is 1. The maximum atomic E-state index is 12.3. The van der Waals surface area contributed by atoms with E-state index in [4.69, 9.17) is 10.5 Å². The Hall–Kier alpha value is -1.11. The largest absolute Gasteiger partial charge is 0.399 e. The van der Waals surface area contributed by atoms with Crippen LogP contribution in [0, 0.1) is 13.8 Å². The summed E-state index contributed by atoms with van der Waals surface area (Å²) >= 11 is 0. The van der Waals surface area contributed by atoms with E-state index in [2.05, 4.69) is 11.6 Å². The van der Waals surface area contributed by atoms with Crippen LogP contribution in [-0.4, -0.2) is 28.2 Å². The Morgan fingerprint density at radius 3 is 2.35 bits per heavy atom. The lowest BCUT2D eigenvalue weighted by Gasteiger charge is -2.13. The number of unbranched alkanes of at least 4 members (excludes halogenated alkanes) is 1. The van der Waals surface area contributed by atoms with Crippen LogP contribution in [0.5, 0.6) is 0 Å². The third kappa shape index (κ3) is 4.77. The van der Waals surface area contributed by atoms with E-state index in [0.717, 1.165) is 12.8 Å². The van der Waals surface area contributed by atoms with Crippen LogP contribution in [0.15, 0.2) is 17.0 Å². The van der Waals surface area contributed by atoms with Crippen molar-refractivity contribution in [3.8, 4) is 0 Å². The standard InChI is InChI=1S/C14H24N2O3S/c1-4-5-7-19-8-6-16-20(17,18)14-11(2)9-13(15)10-12(14)3/h9-10,16H,4-8,15H2,1-3H3. The number of rotatable bonds is 8. The van der Waals surface area contributed by atoms with Gasteiger partial charge in [-0.05, 0) is 43.5 Å². The van der Waals surface area contributed by atoms with Gasteiger partial charge in [0.1, 0.15) is 0 Å². The minimum absolute atomic E-state index is 0.273. The van der Waals surface area contributed by atoms with Gasteiger partial charge in [0.25, 0.3) is 0 Å². The summed E-state index contributed by atoms with van der Waals surface area (Å²) in [7, 11) is -3.52. The highest BCUT2D eigenvalue weighted by Crippen LogP contribution is 2.22. The third-order valence-electron chi connectivity index (χ3n) is 2.93. The van der Waals surface area contributed by atoms with Crippen LogP contribution in [0.3, 0.4) is 0 Å². The van der Waals surface area contributed by atoms with Gasteiger partial charge in [0, 0.05) is 18.8 Å². The summed E-state index contributed by atoms with van der Waals surface area (Å²) in [5, 5.41) is 0. The van der Waals surface area contributed by atoms with E-state index in [1.807, 2.05) is 0 Å². The summed E-state index contributed by atoms with van der Waals surface area (Å²) in [5.41, 5.74) is 7.58. The molecule has 1 rings (SSSR count). The number of benzene rings is 1. The molecule has 6 heteroatoms. The van der Waals surface area contributed by atoms with Crippen molar-refractivity contribution in [2.24, 2.45) is 0 Å². The van der Waals surface area contributed by atoms with Gasteiger partial charge in [-0.25, -0.2) is 13.1 Å². The second-order valence-electron chi connectivity index (χ2n) is 4.85. The minimum Gasteiger partial charge on any atom is -0.399 e. The van der Waals surface area contributed by atoms with Crippen molar-refractivity contribution in [3.63, 3.8) is 0 Å². The molecular weight excluding hydrogens is 276 g/mol. The summed E-state index contributed by atoms with van der Waals surface area (Å²) in [6.07, 6.45) is 2.05. The van der Waals surface area contributed by atoms with E-state index in [9.17, 15) is 8.42 Å². The molecule has 0 aliphatic rings. The molecule has 20 heavy (non-hydrogen) atoms. The third-order valence-corrected chi connectivity index (χ3v) is 4.70. The first kappa shape index (κ1) is 16.9. The van der Waals surface area contributed by atoms with Crippen LogP contribution in [0.4, 0.5) is 5.69 Å². The molecule has 0 saturated heterocycles. The van der Waals surface area contributed by atoms with Crippen molar-refractivity contribution in [3.05, 3.63) is 23.3 Å². The first-order chi connectivity index (χ1) is 9.38. The maximum Gasteiger partial charge on any atom is 0.241 e. The lowest BCUT2D eigenvalue weighted by atomic mass is 10.1. The molecule has 0 aliphatic heterocycles. The fraction of sp³-hybridized carbons (Fsp3) is 0.571. The molecule has 1 aromatic rings. The Kier molecular flexibility index (Phi) is 6.45. The summed E-state index contributed by atoms with van der Waals surface area (Å²) in [6.45, 7) is 6.89. The molecule has 0 heterocycles. The molecule has 0 aliphatic carbocycles. The number of nitrogens with two attached hydrogens (primary N) is 1. The van der Waals surface area contributed by atoms with Crippen LogP contribution in [0.25, 0.3) is 0 Å².